The number of halogens is 2. The summed E-state index contributed by atoms with van der Waals surface area (Å²) in [7, 11) is 0. The largest absolute Gasteiger partial charge is 0.325 e. The number of carbonyl (C=O) groups is 2. The molecular weight excluding hydrogens is 337 g/mol. The summed E-state index contributed by atoms with van der Waals surface area (Å²) in [6.07, 6.45) is 3.56. The maximum absolute atomic E-state index is 13.8. The summed E-state index contributed by atoms with van der Waals surface area (Å²) < 4.78 is 13.8. The Hall–Kier alpha value is -1.86. The molecule has 0 aliphatic carbocycles. The number of nitrogens with one attached hydrogen (secondary N) is 2. The lowest BCUT2D eigenvalue weighted by Gasteiger charge is -2.32. The number of hydroxylamine groups is 1. The van der Waals surface area contributed by atoms with Gasteiger partial charge in [-0.05, 0) is 43.7 Å². The molecule has 1 aliphatic heterocycles. The molecule has 1 saturated heterocycles. The predicted octanol–water partition coefficient (Wildman–Crippen LogP) is 3.40. The maximum Gasteiger partial charge on any atom is 0.321 e. The van der Waals surface area contributed by atoms with Gasteiger partial charge in [-0.3, -0.25) is 10.0 Å². The van der Waals surface area contributed by atoms with Crippen molar-refractivity contribution < 1.29 is 19.2 Å². The van der Waals surface area contributed by atoms with E-state index in [1.165, 1.54) is 12.1 Å². The van der Waals surface area contributed by atoms with E-state index in [9.17, 15) is 14.0 Å². The van der Waals surface area contributed by atoms with Crippen LogP contribution in [-0.2, 0) is 4.79 Å². The second-order valence-corrected chi connectivity index (χ2v) is 6.30. The third kappa shape index (κ3) is 5.07. The average Bonchev–Trinajstić information content (AvgIpc) is 2.59. The van der Waals surface area contributed by atoms with Gasteiger partial charge in [-0.25, -0.2) is 14.7 Å². The van der Waals surface area contributed by atoms with Gasteiger partial charge < -0.3 is 10.2 Å². The minimum atomic E-state index is -0.635. The number of carbonyl (C=O) groups excluding carboxylic acids is 2. The van der Waals surface area contributed by atoms with E-state index in [2.05, 4.69) is 5.32 Å². The molecule has 3 N–H and O–H groups in total. The number of urea groups is 1. The normalized spacial score (nSPS) is 15.2. The van der Waals surface area contributed by atoms with Crippen molar-refractivity contribution in [1.82, 2.24) is 10.4 Å². The highest BCUT2D eigenvalue weighted by Crippen LogP contribution is 2.25. The number of likely N-dealkylation sites (tertiary alicyclic amines) is 1. The van der Waals surface area contributed by atoms with Gasteiger partial charge in [0.05, 0.1) is 10.7 Å². The van der Waals surface area contributed by atoms with Crippen LogP contribution in [0.25, 0.3) is 0 Å². The summed E-state index contributed by atoms with van der Waals surface area (Å²) in [4.78, 5) is 24.8. The molecule has 2 rings (SSSR count). The van der Waals surface area contributed by atoms with Crippen LogP contribution in [0.1, 0.15) is 32.1 Å². The molecule has 3 amide bonds. The Kier molecular flexibility index (Phi) is 6.81. The van der Waals surface area contributed by atoms with Crippen molar-refractivity contribution in [3.05, 3.63) is 29.0 Å². The predicted molar refractivity (Wildman–Crippen MR) is 88.5 cm³/mol. The molecule has 24 heavy (non-hydrogen) atoms. The van der Waals surface area contributed by atoms with Gasteiger partial charge >= 0.3 is 6.03 Å². The standard InChI is InChI=1S/C16H21ClFN3O3/c17-12-4-2-5-13(15(12)18)19-16(23)21-9-7-11(8-10-21)3-1-6-14(22)20-24/h2,4-5,11,24H,1,3,6-10H2,(H,19,23)(H,20,22). The molecule has 1 heterocycles. The molecule has 1 aromatic rings. The Morgan fingerprint density at radius 3 is 2.71 bits per heavy atom. The minimum absolute atomic E-state index is 0.0292. The van der Waals surface area contributed by atoms with Crippen molar-refractivity contribution in [2.75, 3.05) is 18.4 Å². The van der Waals surface area contributed by atoms with Gasteiger partial charge in [-0.1, -0.05) is 17.7 Å². The van der Waals surface area contributed by atoms with Gasteiger partial charge in [0.15, 0.2) is 5.82 Å². The lowest BCUT2D eigenvalue weighted by atomic mass is 9.91. The van der Waals surface area contributed by atoms with E-state index >= 15 is 0 Å². The third-order valence-electron chi connectivity index (χ3n) is 4.24. The van der Waals surface area contributed by atoms with Crippen LogP contribution in [0.3, 0.4) is 0 Å². The summed E-state index contributed by atoms with van der Waals surface area (Å²) in [5.41, 5.74) is 1.69. The van der Waals surface area contributed by atoms with Gasteiger partial charge in [0.25, 0.3) is 0 Å². The molecule has 0 spiro atoms. The summed E-state index contributed by atoms with van der Waals surface area (Å²) in [5, 5.41) is 11.0. The molecule has 6 nitrogen and oxygen atoms in total. The first-order valence-electron chi connectivity index (χ1n) is 7.94. The third-order valence-corrected chi connectivity index (χ3v) is 4.53. The van der Waals surface area contributed by atoms with Crippen molar-refractivity contribution in [3.63, 3.8) is 0 Å². The van der Waals surface area contributed by atoms with E-state index in [1.54, 1.807) is 16.4 Å². The second-order valence-electron chi connectivity index (χ2n) is 5.89. The number of benzene rings is 1. The Morgan fingerprint density at radius 1 is 1.33 bits per heavy atom. The maximum atomic E-state index is 13.8. The van der Waals surface area contributed by atoms with Crippen LogP contribution in [-0.4, -0.2) is 35.1 Å². The van der Waals surface area contributed by atoms with Crippen LogP contribution in [0, 0.1) is 11.7 Å². The second kappa shape index (κ2) is 8.84. The van der Waals surface area contributed by atoms with E-state index in [-0.39, 0.29) is 22.6 Å². The molecule has 0 aromatic heterocycles. The summed E-state index contributed by atoms with van der Waals surface area (Å²) >= 11 is 5.70. The number of piperidine rings is 1. The Bertz CT molecular complexity index is 592. The molecule has 1 aliphatic rings. The van der Waals surface area contributed by atoms with Crippen molar-refractivity contribution >= 4 is 29.2 Å². The molecule has 1 fully saturated rings. The Labute approximate surface area is 144 Å². The fourth-order valence-corrected chi connectivity index (χ4v) is 3.00. The van der Waals surface area contributed by atoms with Gasteiger partial charge in [-0.2, -0.15) is 0 Å². The molecule has 0 radical (unpaired) electrons. The van der Waals surface area contributed by atoms with Gasteiger partial charge in [0, 0.05) is 19.5 Å². The van der Waals surface area contributed by atoms with Crippen molar-refractivity contribution in [1.29, 1.82) is 0 Å². The Balaban J connectivity index is 1.76. The molecule has 0 bridgehead atoms. The first kappa shape index (κ1) is 18.5. The molecule has 1 aromatic carbocycles. The van der Waals surface area contributed by atoms with Crippen LogP contribution >= 0.6 is 11.6 Å². The highest BCUT2D eigenvalue weighted by atomic mass is 35.5. The van der Waals surface area contributed by atoms with E-state index in [0.29, 0.717) is 31.8 Å². The van der Waals surface area contributed by atoms with Crippen LogP contribution in [0.4, 0.5) is 14.9 Å². The molecule has 0 unspecified atom stereocenters. The lowest BCUT2D eigenvalue weighted by Crippen LogP contribution is -2.41. The van der Waals surface area contributed by atoms with E-state index in [4.69, 9.17) is 16.8 Å². The summed E-state index contributed by atoms with van der Waals surface area (Å²) in [6.45, 7) is 1.18. The van der Waals surface area contributed by atoms with E-state index in [0.717, 1.165) is 19.3 Å². The van der Waals surface area contributed by atoms with Crippen molar-refractivity contribution in [3.8, 4) is 0 Å². The zero-order valence-corrected chi connectivity index (χ0v) is 14.0. The molecular formula is C16H21ClFN3O3. The summed E-state index contributed by atoms with van der Waals surface area (Å²) in [6, 6.07) is 4.14. The number of hydrogen-bond acceptors (Lipinski definition) is 3. The van der Waals surface area contributed by atoms with E-state index in [1.807, 2.05) is 0 Å². The number of amides is 3. The van der Waals surface area contributed by atoms with E-state index < -0.39 is 5.82 Å². The molecule has 0 saturated carbocycles. The SMILES string of the molecule is O=C(CCCC1CCN(C(=O)Nc2cccc(Cl)c2F)CC1)NO. The molecule has 132 valence electrons. The number of nitrogens with zero attached hydrogens (tertiary/aromatic N) is 1. The minimum Gasteiger partial charge on any atom is -0.325 e. The number of hydrogen-bond donors (Lipinski definition) is 3. The smallest absolute Gasteiger partial charge is 0.321 e. The van der Waals surface area contributed by atoms with Crippen LogP contribution in [0.15, 0.2) is 18.2 Å². The van der Waals surface area contributed by atoms with Crippen LogP contribution in [0.2, 0.25) is 5.02 Å². The van der Waals surface area contributed by atoms with Gasteiger partial charge in [0.1, 0.15) is 0 Å². The quantitative estimate of drug-likeness (QED) is 0.558. The summed E-state index contributed by atoms with van der Waals surface area (Å²) in [5.74, 6) is -0.566. The van der Waals surface area contributed by atoms with Crippen LogP contribution in [0.5, 0.6) is 0 Å². The van der Waals surface area contributed by atoms with Gasteiger partial charge in [0.2, 0.25) is 5.91 Å². The molecule has 8 heteroatoms. The highest BCUT2D eigenvalue weighted by molar-refractivity contribution is 6.31. The number of anilines is 1. The zero-order valence-electron chi connectivity index (χ0n) is 13.2. The van der Waals surface area contributed by atoms with Crippen LogP contribution < -0.4 is 10.8 Å². The highest BCUT2D eigenvalue weighted by Gasteiger charge is 2.23. The lowest BCUT2D eigenvalue weighted by molar-refractivity contribution is -0.129. The Morgan fingerprint density at radius 2 is 2.04 bits per heavy atom. The van der Waals surface area contributed by atoms with Crippen molar-refractivity contribution in [2.45, 2.75) is 32.1 Å². The average molecular weight is 358 g/mol. The first-order chi connectivity index (χ1) is 11.5. The van der Waals surface area contributed by atoms with Crippen molar-refractivity contribution in [2.24, 2.45) is 5.92 Å². The fourth-order valence-electron chi connectivity index (χ4n) is 2.83. The number of rotatable bonds is 5. The van der Waals surface area contributed by atoms with Gasteiger partial charge in [-0.15, -0.1) is 0 Å². The topological polar surface area (TPSA) is 81.7 Å². The monoisotopic (exact) mass is 357 g/mol. The zero-order chi connectivity index (χ0) is 17.5. The molecule has 0 atom stereocenters. The first-order valence-corrected chi connectivity index (χ1v) is 8.32. The fraction of sp³-hybridized carbons (Fsp3) is 0.500.